The fraction of sp³-hybridized carbons (Fsp3) is 0.462. The van der Waals surface area contributed by atoms with E-state index in [9.17, 15) is 9.18 Å². The van der Waals surface area contributed by atoms with Gasteiger partial charge in [-0.15, -0.1) is 0 Å². The number of alkyl halides is 1. The van der Waals surface area contributed by atoms with E-state index >= 15 is 0 Å². The minimum Gasteiger partial charge on any atom is -1.00 e. The highest BCUT2D eigenvalue weighted by Crippen LogP contribution is 2.08. The lowest BCUT2D eigenvalue weighted by Gasteiger charge is -2.02. The molecule has 102 valence electrons. The molecule has 3 nitrogen and oxygen atoms in total. The van der Waals surface area contributed by atoms with Gasteiger partial charge < -0.3 is 22.5 Å². The number of methoxy groups -OCH3 is 1. The molecule has 1 rings (SSSR count). The molecule has 0 atom stereocenters. The second-order valence-corrected chi connectivity index (χ2v) is 3.85. The monoisotopic (exact) mass is 275 g/mol. The van der Waals surface area contributed by atoms with E-state index in [-0.39, 0.29) is 25.1 Å². The normalized spacial score (nSPS) is 9.67. The van der Waals surface area contributed by atoms with Gasteiger partial charge in [0.15, 0.2) is 0 Å². The van der Waals surface area contributed by atoms with Crippen molar-refractivity contribution in [3.8, 4) is 0 Å². The standard InChI is InChI=1S/C13H18FNO2.ClH/c1-17-13(16)4-2-3-11-5-7-12(8-6-11)15-10-9-14;/h5-8,15H,2-4,9-10H2,1H3;1H. The number of esters is 1. The van der Waals surface area contributed by atoms with Gasteiger partial charge in [-0.1, -0.05) is 12.1 Å². The van der Waals surface area contributed by atoms with Gasteiger partial charge >= 0.3 is 5.97 Å². The van der Waals surface area contributed by atoms with Crippen molar-refractivity contribution in [3.05, 3.63) is 29.8 Å². The van der Waals surface area contributed by atoms with Crippen molar-refractivity contribution in [2.75, 3.05) is 20.3 Å². The molecule has 0 bridgehead atoms. The predicted octanol–water partition coefficient (Wildman–Crippen LogP) is -1.65. The van der Waals surface area contributed by atoms with Crippen LogP contribution in [0.4, 0.5) is 10.1 Å². The fourth-order valence-electron chi connectivity index (χ4n) is 1.58. The van der Waals surface area contributed by atoms with E-state index < -0.39 is 0 Å². The third-order valence-corrected chi connectivity index (χ3v) is 2.54. The Kier molecular flexibility index (Phi) is 9.24. The van der Waals surface area contributed by atoms with Gasteiger partial charge in [0.25, 0.3) is 0 Å². The third-order valence-electron chi connectivity index (χ3n) is 2.54. The second-order valence-electron chi connectivity index (χ2n) is 3.85. The zero-order chi connectivity index (χ0) is 12.5. The van der Waals surface area contributed by atoms with Gasteiger partial charge in [0, 0.05) is 6.42 Å². The van der Waals surface area contributed by atoms with Crippen LogP contribution < -0.4 is 17.7 Å². The maximum atomic E-state index is 12.0. The van der Waals surface area contributed by atoms with Crippen LogP contribution in [0, 0.1) is 0 Å². The summed E-state index contributed by atoms with van der Waals surface area (Å²) in [5.41, 5.74) is 2.23. The Labute approximate surface area is 113 Å². The Morgan fingerprint density at radius 3 is 2.56 bits per heavy atom. The zero-order valence-electron chi connectivity index (χ0n) is 10.5. The van der Waals surface area contributed by atoms with Crippen molar-refractivity contribution in [2.45, 2.75) is 19.3 Å². The molecular formula is C13H19ClFNO2. The number of nitrogens with two attached hydrogens (primary N) is 1. The summed E-state index contributed by atoms with van der Waals surface area (Å²) in [7, 11) is 1.40. The molecule has 0 aliphatic heterocycles. The topological polar surface area (TPSA) is 42.9 Å². The van der Waals surface area contributed by atoms with Crippen LogP contribution in [0.1, 0.15) is 18.4 Å². The van der Waals surface area contributed by atoms with Gasteiger partial charge in [-0.05, 0) is 30.5 Å². The van der Waals surface area contributed by atoms with Crippen molar-refractivity contribution in [2.24, 2.45) is 0 Å². The highest BCUT2D eigenvalue weighted by Gasteiger charge is 2.01. The number of hydrogen-bond donors (Lipinski definition) is 1. The maximum absolute atomic E-state index is 12.0. The molecule has 1 aromatic carbocycles. The molecular weight excluding hydrogens is 257 g/mol. The molecule has 0 unspecified atom stereocenters. The molecule has 0 aliphatic carbocycles. The lowest BCUT2D eigenvalue weighted by atomic mass is 10.1. The summed E-state index contributed by atoms with van der Waals surface area (Å²) in [4.78, 5) is 10.9. The summed E-state index contributed by atoms with van der Waals surface area (Å²) < 4.78 is 16.5. The van der Waals surface area contributed by atoms with Crippen molar-refractivity contribution < 1.29 is 31.6 Å². The van der Waals surface area contributed by atoms with Gasteiger partial charge in [0.1, 0.15) is 18.9 Å². The molecule has 0 fully saturated rings. The molecule has 0 spiro atoms. The Morgan fingerprint density at radius 1 is 1.33 bits per heavy atom. The van der Waals surface area contributed by atoms with E-state index in [0.717, 1.165) is 18.5 Å². The highest BCUT2D eigenvalue weighted by atomic mass is 35.5. The van der Waals surface area contributed by atoms with Crippen LogP contribution in [0.3, 0.4) is 0 Å². The Bertz CT molecular complexity index is 343. The van der Waals surface area contributed by atoms with Crippen LogP contribution in [0.25, 0.3) is 0 Å². The van der Waals surface area contributed by atoms with Gasteiger partial charge in [0.2, 0.25) is 0 Å². The van der Waals surface area contributed by atoms with Crippen LogP contribution in [0.15, 0.2) is 24.3 Å². The zero-order valence-corrected chi connectivity index (χ0v) is 11.3. The number of ether oxygens (including phenoxy) is 1. The second kappa shape index (κ2) is 9.85. The van der Waals surface area contributed by atoms with E-state index in [4.69, 9.17) is 0 Å². The highest BCUT2D eigenvalue weighted by molar-refractivity contribution is 5.69. The molecule has 5 heteroatoms. The molecule has 0 aromatic heterocycles. The molecule has 0 saturated carbocycles. The van der Waals surface area contributed by atoms with Crippen molar-refractivity contribution in [1.82, 2.24) is 0 Å². The van der Waals surface area contributed by atoms with E-state index in [0.29, 0.717) is 13.0 Å². The van der Waals surface area contributed by atoms with Crippen LogP contribution in [0.2, 0.25) is 0 Å². The van der Waals surface area contributed by atoms with Gasteiger partial charge in [0.05, 0.1) is 7.11 Å². The van der Waals surface area contributed by atoms with Gasteiger partial charge in [-0.2, -0.15) is 0 Å². The largest absolute Gasteiger partial charge is 1.00 e. The van der Waals surface area contributed by atoms with E-state index in [2.05, 4.69) is 4.74 Å². The predicted molar refractivity (Wildman–Crippen MR) is 63.8 cm³/mol. The smallest absolute Gasteiger partial charge is 0.305 e. The summed E-state index contributed by atoms with van der Waals surface area (Å²) >= 11 is 0. The average molecular weight is 276 g/mol. The van der Waals surface area contributed by atoms with Gasteiger partial charge in [-0.25, -0.2) is 4.39 Å². The molecule has 0 radical (unpaired) electrons. The number of benzene rings is 1. The molecule has 0 saturated heterocycles. The summed E-state index contributed by atoms with van der Waals surface area (Å²) in [5, 5.41) is 1.87. The SMILES string of the molecule is COC(=O)CCCc1ccc([NH2+]CCF)cc1.[Cl-]. The molecule has 1 aromatic rings. The number of quaternary nitrogens is 1. The minimum atomic E-state index is -0.319. The number of aryl methyl sites for hydroxylation is 1. The Balaban J connectivity index is 0.00000289. The first-order chi connectivity index (χ1) is 8.26. The molecule has 2 N–H and O–H groups in total. The van der Waals surface area contributed by atoms with Crippen LogP contribution in [-0.4, -0.2) is 26.3 Å². The van der Waals surface area contributed by atoms with Crippen LogP contribution in [0.5, 0.6) is 0 Å². The summed E-state index contributed by atoms with van der Waals surface area (Å²) in [6.07, 6.45) is 2.10. The van der Waals surface area contributed by atoms with E-state index in [1.165, 1.54) is 12.7 Å². The average Bonchev–Trinajstić information content (AvgIpc) is 2.37. The first-order valence-corrected chi connectivity index (χ1v) is 5.81. The minimum absolute atomic E-state index is 0. The summed E-state index contributed by atoms with van der Waals surface area (Å²) in [5.74, 6) is -0.169. The van der Waals surface area contributed by atoms with E-state index in [1.54, 1.807) is 0 Å². The van der Waals surface area contributed by atoms with Crippen molar-refractivity contribution >= 4 is 11.7 Å². The van der Waals surface area contributed by atoms with Crippen LogP contribution in [-0.2, 0) is 16.0 Å². The maximum Gasteiger partial charge on any atom is 0.305 e. The quantitative estimate of drug-likeness (QED) is 0.479. The van der Waals surface area contributed by atoms with Crippen LogP contribution >= 0.6 is 0 Å². The summed E-state index contributed by atoms with van der Waals surface area (Å²) in [6.45, 7) is 0.141. The van der Waals surface area contributed by atoms with Crippen molar-refractivity contribution in [1.29, 1.82) is 0 Å². The van der Waals surface area contributed by atoms with Gasteiger partial charge in [-0.3, -0.25) is 4.79 Å². The molecule has 18 heavy (non-hydrogen) atoms. The summed E-state index contributed by atoms with van der Waals surface area (Å²) in [6, 6.07) is 7.98. The number of carbonyl (C=O) groups is 1. The first kappa shape index (κ1) is 16.9. The third kappa shape index (κ3) is 6.57. The first-order valence-electron chi connectivity index (χ1n) is 5.81. The molecule has 0 amide bonds. The number of halogens is 2. The lowest BCUT2D eigenvalue weighted by molar-refractivity contribution is -0.571. The number of hydrogen-bond acceptors (Lipinski definition) is 2. The number of carbonyl (C=O) groups excluding carboxylic acids is 1. The Hall–Kier alpha value is -1.13. The number of rotatable bonds is 7. The van der Waals surface area contributed by atoms with Crippen molar-refractivity contribution in [3.63, 3.8) is 0 Å². The fourth-order valence-corrected chi connectivity index (χ4v) is 1.58. The van der Waals surface area contributed by atoms with E-state index in [1.807, 2.05) is 29.6 Å². The lowest BCUT2D eigenvalue weighted by Crippen LogP contribution is -3.00. The molecule has 0 heterocycles. The Morgan fingerprint density at radius 2 is 2.00 bits per heavy atom. The molecule has 0 aliphatic rings.